The van der Waals surface area contributed by atoms with E-state index in [1.165, 1.54) is 0 Å². The van der Waals surface area contributed by atoms with Crippen molar-refractivity contribution in [2.24, 2.45) is 11.3 Å². The smallest absolute Gasteiger partial charge is 0.409 e. The first-order valence-electron chi connectivity index (χ1n) is 11.5. The van der Waals surface area contributed by atoms with Gasteiger partial charge in [-0.05, 0) is 50.2 Å². The van der Waals surface area contributed by atoms with Gasteiger partial charge in [0.15, 0.2) is 5.75 Å². The van der Waals surface area contributed by atoms with Gasteiger partial charge in [-0.25, -0.2) is 9.78 Å². The molecule has 3 aliphatic rings. The molecule has 4 rings (SSSR count). The molecule has 8 heteroatoms. The molecular weight excluding hydrogens is 396 g/mol. The van der Waals surface area contributed by atoms with Crippen LogP contribution in [0.25, 0.3) is 0 Å². The van der Waals surface area contributed by atoms with Crippen LogP contribution < -0.4 is 15.0 Å². The van der Waals surface area contributed by atoms with Gasteiger partial charge in [0.25, 0.3) is 0 Å². The van der Waals surface area contributed by atoms with Crippen LogP contribution in [0.1, 0.15) is 46.0 Å². The van der Waals surface area contributed by atoms with Crippen molar-refractivity contribution in [2.75, 3.05) is 44.3 Å². The zero-order valence-electron chi connectivity index (χ0n) is 18.6. The van der Waals surface area contributed by atoms with Gasteiger partial charge in [0, 0.05) is 45.4 Å². The summed E-state index contributed by atoms with van der Waals surface area (Å²) in [5.41, 5.74) is -0.301. The average molecular weight is 431 g/mol. The Bertz CT molecular complexity index is 778. The van der Waals surface area contributed by atoms with Crippen molar-refractivity contribution in [3.8, 4) is 5.75 Å². The Kier molecular flexibility index (Phi) is 6.65. The molecule has 0 unspecified atom stereocenters. The molecule has 3 saturated heterocycles. The van der Waals surface area contributed by atoms with Gasteiger partial charge in [-0.1, -0.05) is 13.8 Å². The normalized spacial score (nSPS) is 24.8. The Morgan fingerprint density at radius 2 is 2.10 bits per heavy atom. The predicted molar refractivity (Wildman–Crippen MR) is 117 cm³/mol. The number of nitrogens with one attached hydrogen (secondary N) is 1. The summed E-state index contributed by atoms with van der Waals surface area (Å²) in [5.74, 6) is 1.91. The standard InChI is InChI=1S/C23H34N4O4/c1-17(2)14-25-22(29)31-19-4-5-20(24-15-19)26-10-3-8-23(16-26)9-11-27(21(23)28)18-6-12-30-13-7-18/h4-5,15,17-18H,3,6-14,16H2,1-2H3,(H,25,29)/t23-/m1/s1. The Balaban J connectivity index is 1.37. The van der Waals surface area contributed by atoms with Gasteiger partial charge in [0.2, 0.25) is 5.91 Å². The maximum absolute atomic E-state index is 13.4. The maximum atomic E-state index is 13.4. The largest absolute Gasteiger partial charge is 0.412 e. The van der Waals surface area contributed by atoms with Crippen molar-refractivity contribution in [1.29, 1.82) is 0 Å². The first-order chi connectivity index (χ1) is 15.0. The molecule has 1 aromatic rings. The molecule has 0 saturated carbocycles. The molecule has 4 heterocycles. The van der Waals surface area contributed by atoms with Gasteiger partial charge in [0.05, 0.1) is 11.6 Å². The molecule has 31 heavy (non-hydrogen) atoms. The number of nitrogens with zero attached hydrogens (tertiary/aromatic N) is 3. The molecule has 8 nitrogen and oxygen atoms in total. The molecule has 3 fully saturated rings. The van der Waals surface area contributed by atoms with Gasteiger partial charge in [-0.15, -0.1) is 0 Å². The van der Waals surface area contributed by atoms with Crippen LogP contribution in [0.15, 0.2) is 18.3 Å². The number of anilines is 1. The molecule has 170 valence electrons. The van der Waals surface area contributed by atoms with Crippen LogP contribution >= 0.6 is 0 Å². The molecular formula is C23H34N4O4. The third kappa shape index (κ3) is 4.95. The summed E-state index contributed by atoms with van der Waals surface area (Å²) in [5, 5.41) is 2.73. The van der Waals surface area contributed by atoms with Crippen LogP contribution in [0.3, 0.4) is 0 Å². The average Bonchev–Trinajstić information content (AvgIpc) is 3.09. The molecule has 0 aliphatic carbocycles. The highest BCUT2D eigenvalue weighted by Gasteiger charge is 2.50. The SMILES string of the molecule is CC(C)CNC(=O)Oc1ccc(N2CCC[C@@]3(CCN(C4CCOCC4)C3=O)C2)nc1. The third-order valence-corrected chi connectivity index (χ3v) is 6.66. The summed E-state index contributed by atoms with van der Waals surface area (Å²) in [6.07, 6.45) is 5.83. The monoisotopic (exact) mass is 430 g/mol. The van der Waals surface area contributed by atoms with E-state index in [2.05, 4.69) is 20.1 Å². The molecule has 1 spiro atoms. The Hall–Kier alpha value is -2.35. The number of carbonyl (C=O) groups excluding carboxylic acids is 2. The van der Waals surface area contributed by atoms with E-state index in [9.17, 15) is 9.59 Å². The molecule has 1 aromatic heterocycles. The molecule has 0 bridgehead atoms. The fraction of sp³-hybridized carbons (Fsp3) is 0.696. The van der Waals surface area contributed by atoms with Crippen molar-refractivity contribution in [1.82, 2.24) is 15.2 Å². The quantitative estimate of drug-likeness (QED) is 0.773. The number of piperidine rings is 1. The van der Waals surface area contributed by atoms with E-state index in [-0.39, 0.29) is 5.41 Å². The second-order valence-electron chi connectivity index (χ2n) is 9.41. The van der Waals surface area contributed by atoms with Gasteiger partial charge >= 0.3 is 6.09 Å². The minimum atomic E-state index is -0.468. The second-order valence-corrected chi connectivity index (χ2v) is 9.41. The van der Waals surface area contributed by atoms with Gasteiger partial charge in [0.1, 0.15) is 5.82 Å². The van der Waals surface area contributed by atoms with Crippen molar-refractivity contribution in [3.63, 3.8) is 0 Å². The topological polar surface area (TPSA) is 84.0 Å². The van der Waals surface area contributed by atoms with E-state index in [0.717, 1.165) is 64.2 Å². The van der Waals surface area contributed by atoms with E-state index in [1.807, 2.05) is 19.9 Å². The van der Waals surface area contributed by atoms with Gasteiger partial charge < -0.3 is 24.6 Å². The highest BCUT2D eigenvalue weighted by atomic mass is 16.6. The summed E-state index contributed by atoms with van der Waals surface area (Å²) >= 11 is 0. The van der Waals surface area contributed by atoms with Crippen molar-refractivity contribution < 1.29 is 19.1 Å². The van der Waals surface area contributed by atoms with Crippen LogP contribution in [0, 0.1) is 11.3 Å². The Morgan fingerprint density at radius 1 is 1.29 bits per heavy atom. The maximum Gasteiger partial charge on any atom is 0.412 e. The van der Waals surface area contributed by atoms with Crippen LogP contribution in [0.2, 0.25) is 0 Å². The molecule has 0 radical (unpaired) electrons. The van der Waals surface area contributed by atoms with E-state index in [1.54, 1.807) is 12.3 Å². The van der Waals surface area contributed by atoms with E-state index in [0.29, 0.717) is 36.7 Å². The number of amides is 2. The number of carbonyl (C=O) groups is 2. The lowest BCUT2D eigenvalue weighted by atomic mass is 9.78. The summed E-state index contributed by atoms with van der Waals surface area (Å²) < 4.78 is 10.8. The highest BCUT2D eigenvalue weighted by Crippen LogP contribution is 2.42. The summed E-state index contributed by atoms with van der Waals surface area (Å²) in [6.45, 7) is 8.56. The van der Waals surface area contributed by atoms with Gasteiger partial charge in [-0.3, -0.25) is 4.79 Å². The number of likely N-dealkylation sites (tertiary alicyclic amines) is 1. The highest BCUT2D eigenvalue weighted by molar-refractivity contribution is 5.86. The molecule has 2 amide bonds. The van der Waals surface area contributed by atoms with E-state index in [4.69, 9.17) is 9.47 Å². The van der Waals surface area contributed by atoms with E-state index >= 15 is 0 Å². The minimum absolute atomic E-state index is 0.301. The Morgan fingerprint density at radius 3 is 2.81 bits per heavy atom. The third-order valence-electron chi connectivity index (χ3n) is 6.66. The number of ether oxygens (including phenoxy) is 2. The lowest BCUT2D eigenvalue weighted by Gasteiger charge is -2.40. The van der Waals surface area contributed by atoms with Crippen LogP contribution in [0.4, 0.5) is 10.6 Å². The first kappa shape index (κ1) is 21.9. The van der Waals surface area contributed by atoms with Crippen molar-refractivity contribution >= 4 is 17.8 Å². The minimum Gasteiger partial charge on any atom is -0.409 e. The fourth-order valence-electron chi connectivity index (χ4n) is 4.95. The van der Waals surface area contributed by atoms with Crippen molar-refractivity contribution in [3.05, 3.63) is 18.3 Å². The zero-order valence-corrected chi connectivity index (χ0v) is 18.6. The fourth-order valence-corrected chi connectivity index (χ4v) is 4.95. The lowest BCUT2D eigenvalue weighted by molar-refractivity contribution is -0.139. The molecule has 1 atom stereocenters. The number of pyridine rings is 1. The summed E-state index contributed by atoms with van der Waals surface area (Å²) in [7, 11) is 0. The molecule has 3 aliphatic heterocycles. The summed E-state index contributed by atoms with van der Waals surface area (Å²) in [6, 6.07) is 3.97. The first-order valence-corrected chi connectivity index (χ1v) is 11.5. The number of hydrogen-bond donors (Lipinski definition) is 1. The molecule has 1 N–H and O–H groups in total. The van der Waals surface area contributed by atoms with Crippen LogP contribution in [-0.2, 0) is 9.53 Å². The number of rotatable bonds is 5. The second kappa shape index (κ2) is 9.42. The lowest BCUT2D eigenvalue weighted by Crippen LogP contribution is -2.50. The van der Waals surface area contributed by atoms with Gasteiger partial charge in [-0.2, -0.15) is 0 Å². The van der Waals surface area contributed by atoms with Crippen LogP contribution in [-0.4, -0.2) is 67.3 Å². The van der Waals surface area contributed by atoms with Crippen molar-refractivity contribution in [2.45, 2.75) is 52.0 Å². The Labute approximate surface area is 184 Å². The number of hydrogen-bond acceptors (Lipinski definition) is 6. The zero-order chi connectivity index (χ0) is 21.8. The predicted octanol–water partition coefficient (Wildman–Crippen LogP) is 2.82. The summed E-state index contributed by atoms with van der Waals surface area (Å²) in [4.78, 5) is 34.1. The van der Waals surface area contributed by atoms with E-state index < -0.39 is 6.09 Å². The van der Waals surface area contributed by atoms with Crippen LogP contribution in [0.5, 0.6) is 5.75 Å². The number of aromatic nitrogens is 1. The molecule has 0 aromatic carbocycles.